The van der Waals surface area contributed by atoms with Crippen molar-refractivity contribution in [1.82, 2.24) is 15.0 Å². The number of benzene rings is 2. The van der Waals surface area contributed by atoms with Gasteiger partial charge in [-0.1, -0.05) is 48.9 Å². The highest BCUT2D eigenvalue weighted by atomic mass is 35.5. The Morgan fingerprint density at radius 3 is 2.68 bits per heavy atom. The summed E-state index contributed by atoms with van der Waals surface area (Å²) in [6, 6.07) is 14.8. The predicted molar refractivity (Wildman–Crippen MR) is 99.2 cm³/mol. The van der Waals surface area contributed by atoms with E-state index in [0.717, 1.165) is 22.6 Å². The summed E-state index contributed by atoms with van der Waals surface area (Å²) in [5.74, 6) is 0.222. The number of carbonyl (C=O) groups excluding carboxylic acids is 1. The van der Waals surface area contributed by atoms with Crippen LogP contribution in [0, 0.1) is 0 Å². The number of nitrogens with one attached hydrogen (secondary N) is 1. The van der Waals surface area contributed by atoms with Gasteiger partial charge in [-0.2, -0.15) is 0 Å². The largest absolute Gasteiger partial charge is 0.326 e. The molecule has 1 N–H and O–H groups in total. The Balaban J connectivity index is 1.74. The summed E-state index contributed by atoms with van der Waals surface area (Å²) in [7, 11) is 0. The molecule has 0 unspecified atom stereocenters. The Morgan fingerprint density at radius 1 is 1.20 bits per heavy atom. The molecule has 5 nitrogen and oxygen atoms in total. The van der Waals surface area contributed by atoms with Gasteiger partial charge < -0.3 is 5.32 Å². The van der Waals surface area contributed by atoms with Crippen LogP contribution >= 0.6 is 11.6 Å². The van der Waals surface area contributed by atoms with Gasteiger partial charge in [-0.15, -0.1) is 5.10 Å². The van der Waals surface area contributed by atoms with Crippen molar-refractivity contribution in [2.75, 3.05) is 5.32 Å². The molecule has 0 bridgehead atoms. The van der Waals surface area contributed by atoms with Crippen molar-refractivity contribution in [1.29, 1.82) is 0 Å². The summed E-state index contributed by atoms with van der Waals surface area (Å²) >= 11 is 5.87. The third kappa shape index (κ3) is 4.25. The molecule has 0 aliphatic rings. The molecule has 128 valence electrons. The highest BCUT2D eigenvalue weighted by molar-refractivity contribution is 6.30. The van der Waals surface area contributed by atoms with Gasteiger partial charge in [0.25, 0.3) is 0 Å². The van der Waals surface area contributed by atoms with Crippen LogP contribution < -0.4 is 5.32 Å². The van der Waals surface area contributed by atoms with Gasteiger partial charge in [0, 0.05) is 10.7 Å². The van der Waals surface area contributed by atoms with Crippen LogP contribution in [0.4, 0.5) is 5.69 Å². The van der Waals surface area contributed by atoms with E-state index in [1.54, 1.807) is 23.0 Å². The SMILES string of the molecule is CC(C)c1cnnn1-c1cccc(NC(=O)Cc2ccc(Cl)cc2)c1. The third-order valence-corrected chi connectivity index (χ3v) is 4.07. The van der Waals surface area contributed by atoms with Crippen molar-refractivity contribution in [3.8, 4) is 5.69 Å². The number of rotatable bonds is 5. The van der Waals surface area contributed by atoms with E-state index in [2.05, 4.69) is 29.5 Å². The maximum absolute atomic E-state index is 12.3. The molecule has 0 spiro atoms. The summed E-state index contributed by atoms with van der Waals surface area (Å²) in [5.41, 5.74) is 3.52. The van der Waals surface area contributed by atoms with Crippen LogP contribution in [0.25, 0.3) is 5.69 Å². The number of carbonyl (C=O) groups is 1. The Hall–Kier alpha value is -2.66. The van der Waals surface area contributed by atoms with Crippen molar-refractivity contribution < 1.29 is 4.79 Å². The highest BCUT2D eigenvalue weighted by Gasteiger charge is 2.11. The predicted octanol–water partition coefficient (Wildman–Crippen LogP) is 4.23. The molecule has 3 aromatic rings. The van der Waals surface area contributed by atoms with Gasteiger partial charge in [-0.05, 0) is 41.8 Å². The van der Waals surface area contributed by atoms with Crippen molar-refractivity contribution in [3.63, 3.8) is 0 Å². The van der Waals surface area contributed by atoms with E-state index in [0.29, 0.717) is 17.4 Å². The molecule has 25 heavy (non-hydrogen) atoms. The van der Waals surface area contributed by atoms with Gasteiger partial charge in [-0.25, -0.2) is 4.68 Å². The van der Waals surface area contributed by atoms with Crippen molar-refractivity contribution in [3.05, 3.63) is 71.0 Å². The maximum Gasteiger partial charge on any atom is 0.228 e. The van der Waals surface area contributed by atoms with Crippen LogP contribution in [0.15, 0.2) is 54.7 Å². The van der Waals surface area contributed by atoms with Crippen LogP contribution in [-0.4, -0.2) is 20.9 Å². The number of halogens is 1. The van der Waals surface area contributed by atoms with E-state index in [9.17, 15) is 4.79 Å². The molecule has 6 heteroatoms. The molecule has 0 saturated heterocycles. The summed E-state index contributed by atoms with van der Waals surface area (Å²) in [4.78, 5) is 12.3. The van der Waals surface area contributed by atoms with Crippen molar-refractivity contribution in [2.24, 2.45) is 0 Å². The minimum absolute atomic E-state index is 0.0813. The van der Waals surface area contributed by atoms with Crippen LogP contribution in [0.1, 0.15) is 31.0 Å². The molecule has 3 rings (SSSR count). The normalized spacial score (nSPS) is 10.9. The first-order chi connectivity index (χ1) is 12.0. The van der Waals surface area contributed by atoms with Gasteiger partial charge in [0.15, 0.2) is 0 Å². The Kier molecular flexibility index (Phi) is 5.14. The lowest BCUT2D eigenvalue weighted by atomic mass is 10.1. The zero-order valence-electron chi connectivity index (χ0n) is 14.1. The first-order valence-electron chi connectivity index (χ1n) is 8.08. The fourth-order valence-corrected chi connectivity index (χ4v) is 2.67. The number of hydrogen-bond donors (Lipinski definition) is 1. The molecule has 1 amide bonds. The lowest BCUT2D eigenvalue weighted by molar-refractivity contribution is -0.115. The van der Waals surface area contributed by atoms with E-state index in [-0.39, 0.29) is 5.91 Å². The topological polar surface area (TPSA) is 59.8 Å². The molecule has 0 aliphatic carbocycles. The summed E-state index contributed by atoms with van der Waals surface area (Å²) in [5, 5.41) is 11.7. The molecule has 0 radical (unpaired) electrons. The Morgan fingerprint density at radius 2 is 1.96 bits per heavy atom. The summed E-state index contributed by atoms with van der Waals surface area (Å²) in [6.07, 6.45) is 2.05. The van der Waals surface area contributed by atoms with Gasteiger partial charge in [0.1, 0.15) is 0 Å². The number of amides is 1. The molecule has 0 aliphatic heterocycles. The second-order valence-electron chi connectivity index (χ2n) is 6.13. The van der Waals surface area contributed by atoms with E-state index < -0.39 is 0 Å². The quantitative estimate of drug-likeness (QED) is 0.746. The lowest BCUT2D eigenvalue weighted by Gasteiger charge is -2.11. The molecule has 1 heterocycles. The van der Waals surface area contributed by atoms with Crippen LogP contribution in [0.2, 0.25) is 5.02 Å². The molecule has 2 aromatic carbocycles. The molecule has 1 aromatic heterocycles. The fraction of sp³-hybridized carbons (Fsp3) is 0.211. The third-order valence-electron chi connectivity index (χ3n) is 3.82. The van der Waals surface area contributed by atoms with Gasteiger partial charge >= 0.3 is 0 Å². The summed E-state index contributed by atoms with van der Waals surface area (Å²) in [6.45, 7) is 4.18. The molecule has 0 fully saturated rings. The fourth-order valence-electron chi connectivity index (χ4n) is 2.55. The number of nitrogens with zero attached hydrogens (tertiary/aromatic N) is 3. The maximum atomic E-state index is 12.3. The van der Waals surface area contributed by atoms with Crippen LogP contribution in [0.5, 0.6) is 0 Å². The van der Waals surface area contributed by atoms with Crippen molar-refractivity contribution in [2.45, 2.75) is 26.2 Å². The average molecular weight is 355 g/mol. The number of aromatic nitrogens is 3. The standard InChI is InChI=1S/C19H19ClN4O/c1-13(2)18-12-21-23-24(18)17-5-3-4-16(11-17)22-19(25)10-14-6-8-15(20)9-7-14/h3-9,11-13H,10H2,1-2H3,(H,22,25). The Labute approximate surface area is 151 Å². The second-order valence-corrected chi connectivity index (χ2v) is 6.56. The monoisotopic (exact) mass is 354 g/mol. The first-order valence-corrected chi connectivity index (χ1v) is 8.46. The van der Waals surface area contributed by atoms with Gasteiger partial charge in [0.2, 0.25) is 5.91 Å². The van der Waals surface area contributed by atoms with E-state index >= 15 is 0 Å². The second kappa shape index (κ2) is 7.49. The van der Waals surface area contributed by atoms with Gasteiger partial charge in [-0.3, -0.25) is 4.79 Å². The number of anilines is 1. The van der Waals surface area contributed by atoms with Crippen LogP contribution in [-0.2, 0) is 11.2 Å². The molecular formula is C19H19ClN4O. The summed E-state index contributed by atoms with van der Waals surface area (Å²) < 4.78 is 1.79. The smallest absolute Gasteiger partial charge is 0.228 e. The van der Waals surface area contributed by atoms with E-state index in [4.69, 9.17) is 11.6 Å². The average Bonchev–Trinajstić information content (AvgIpc) is 3.07. The molecular weight excluding hydrogens is 336 g/mol. The first kappa shape index (κ1) is 17.2. The highest BCUT2D eigenvalue weighted by Crippen LogP contribution is 2.20. The lowest BCUT2D eigenvalue weighted by Crippen LogP contribution is -2.14. The molecule has 0 atom stereocenters. The van der Waals surface area contributed by atoms with Gasteiger partial charge in [0.05, 0.1) is 24.0 Å². The van der Waals surface area contributed by atoms with E-state index in [1.165, 1.54) is 0 Å². The Bertz CT molecular complexity index is 871. The van der Waals surface area contributed by atoms with E-state index in [1.807, 2.05) is 36.4 Å². The number of hydrogen-bond acceptors (Lipinski definition) is 3. The zero-order chi connectivity index (χ0) is 17.8. The zero-order valence-corrected chi connectivity index (χ0v) is 14.9. The minimum Gasteiger partial charge on any atom is -0.326 e. The minimum atomic E-state index is -0.0813. The molecule has 0 saturated carbocycles. The van der Waals surface area contributed by atoms with Crippen LogP contribution in [0.3, 0.4) is 0 Å². The van der Waals surface area contributed by atoms with Crippen molar-refractivity contribution >= 4 is 23.2 Å².